The number of hydrogen-bond acceptors (Lipinski definition) is 5. The van der Waals surface area contributed by atoms with Crippen molar-refractivity contribution < 1.29 is 12.8 Å². The van der Waals surface area contributed by atoms with Crippen LogP contribution < -0.4 is 4.90 Å². The zero-order valence-electron chi connectivity index (χ0n) is 16.3. The number of rotatable bonds is 4. The molecule has 9 heteroatoms. The highest BCUT2D eigenvalue weighted by molar-refractivity contribution is 7.89. The van der Waals surface area contributed by atoms with Crippen LogP contribution in [0.2, 0.25) is 5.02 Å². The van der Waals surface area contributed by atoms with Crippen LogP contribution in [0.4, 0.5) is 10.2 Å². The minimum absolute atomic E-state index is 0.00829. The van der Waals surface area contributed by atoms with Crippen LogP contribution in [0.15, 0.2) is 59.8 Å². The number of piperazine rings is 1. The monoisotopic (exact) mass is 446 g/mol. The Hall–Kier alpha value is -2.55. The lowest BCUT2D eigenvalue weighted by Crippen LogP contribution is -2.48. The van der Waals surface area contributed by atoms with Gasteiger partial charge in [0, 0.05) is 37.8 Å². The highest BCUT2D eigenvalue weighted by Gasteiger charge is 2.29. The molecule has 0 spiro atoms. The van der Waals surface area contributed by atoms with Crippen molar-refractivity contribution in [1.82, 2.24) is 14.3 Å². The summed E-state index contributed by atoms with van der Waals surface area (Å²) < 4.78 is 40.5. The predicted molar refractivity (Wildman–Crippen MR) is 115 cm³/mol. The molecule has 2 heterocycles. The Balaban J connectivity index is 1.49. The van der Waals surface area contributed by atoms with Crippen LogP contribution in [0.3, 0.4) is 0 Å². The number of hydrogen-bond donors (Lipinski definition) is 0. The van der Waals surface area contributed by atoms with Crippen LogP contribution >= 0.6 is 11.6 Å². The smallest absolute Gasteiger partial charge is 0.243 e. The molecule has 6 nitrogen and oxygen atoms in total. The summed E-state index contributed by atoms with van der Waals surface area (Å²) in [6, 6.07) is 13.5. The minimum Gasteiger partial charge on any atom is -0.354 e. The summed E-state index contributed by atoms with van der Waals surface area (Å²) in [6.45, 7) is 3.59. The van der Waals surface area contributed by atoms with E-state index in [4.69, 9.17) is 11.6 Å². The molecule has 0 unspecified atom stereocenters. The van der Waals surface area contributed by atoms with Gasteiger partial charge in [0.1, 0.15) is 18.0 Å². The molecule has 0 bridgehead atoms. The van der Waals surface area contributed by atoms with Gasteiger partial charge in [-0.2, -0.15) is 4.31 Å². The molecule has 0 radical (unpaired) electrons. The van der Waals surface area contributed by atoms with Gasteiger partial charge in [-0.25, -0.2) is 22.8 Å². The second kappa shape index (κ2) is 8.29. The van der Waals surface area contributed by atoms with Crippen LogP contribution in [0.1, 0.15) is 5.56 Å². The summed E-state index contributed by atoms with van der Waals surface area (Å²) in [5.41, 5.74) is 2.99. The molecule has 1 aromatic heterocycles. The van der Waals surface area contributed by atoms with Gasteiger partial charge in [0.05, 0.1) is 15.6 Å². The maximum Gasteiger partial charge on any atom is 0.243 e. The second-order valence-corrected chi connectivity index (χ2v) is 9.44. The van der Waals surface area contributed by atoms with Gasteiger partial charge in [0.25, 0.3) is 0 Å². The molecule has 1 fully saturated rings. The highest BCUT2D eigenvalue weighted by Crippen LogP contribution is 2.25. The van der Waals surface area contributed by atoms with Crippen molar-refractivity contribution in [3.63, 3.8) is 0 Å². The lowest BCUT2D eigenvalue weighted by molar-refractivity contribution is 0.383. The van der Waals surface area contributed by atoms with Crippen molar-refractivity contribution in [3.8, 4) is 11.3 Å². The van der Waals surface area contributed by atoms with E-state index in [0.29, 0.717) is 26.2 Å². The van der Waals surface area contributed by atoms with E-state index in [9.17, 15) is 12.8 Å². The first-order chi connectivity index (χ1) is 14.3. The number of nitrogens with zero attached hydrogens (tertiary/aromatic N) is 4. The molecule has 3 aromatic rings. The van der Waals surface area contributed by atoms with Gasteiger partial charge in [0.2, 0.25) is 10.0 Å². The maximum atomic E-state index is 13.4. The zero-order chi connectivity index (χ0) is 21.3. The van der Waals surface area contributed by atoms with E-state index in [-0.39, 0.29) is 9.92 Å². The number of aryl methyl sites for hydroxylation is 1. The standard InChI is InChI=1S/C21H20ClFN4O2S/c1-15-2-4-16(5-3-15)20-13-21(25-14-24-20)26-8-10-27(11-9-26)30(28,29)17-6-7-19(23)18(22)12-17/h2-7,12-14H,8-11H2,1H3. The number of anilines is 1. The quantitative estimate of drug-likeness (QED) is 0.610. The SMILES string of the molecule is Cc1ccc(-c2cc(N3CCN(S(=O)(=O)c4ccc(F)c(Cl)c4)CC3)ncn2)cc1. The molecule has 0 amide bonds. The highest BCUT2D eigenvalue weighted by atomic mass is 35.5. The normalized spacial score (nSPS) is 15.4. The Kier molecular flexibility index (Phi) is 5.73. The van der Waals surface area contributed by atoms with Crippen molar-refractivity contribution in [2.45, 2.75) is 11.8 Å². The topological polar surface area (TPSA) is 66.4 Å². The maximum absolute atomic E-state index is 13.4. The molecule has 156 valence electrons. The Morgan fingerprint density at radius 1 is 0.967 bits per heavy atom. The summed E-state index contributed by atoms with van der Waals surface area (Å²) in [4.78, 5) is 10.7. The van der Waals surface area contributed by atoms with Gasteiger partial charge in [-0.15, -0.1) is 0 Å². The zero-order valence-corrected chi connectivity index (χ0v) is 17.9. The first-order valence-corrected chi connectivity index (χ1v) is 11.3. The molecule has 0 aliphatic carbocycles. The molecule has 0 saturated carbocycles. The van der Waals surface area contributed by atoms with E-state index < -0.39 is 15.8 Å². The molecule has 0 atom stereocenters. The van der Waals surface area contributed by atoms with Crippen LogP contribution in [-0.4, -0.2) is 48.9 Å². The van der Waals surface area contributed by atoms with Crippen molar-refractivity contribution in [1.29, 1.82) is 0 Å². The number of benzene rings is 2. The van der Waals surface area contributed by atoms with E-state index in [1.165, 1.54) is 22.3 Å². The molecule has 0 N–H and O–H groups in total. The Labute approximate surface area is 180 Å². The van der Waals surface area contributed by atoms with Crippen molar-refractivity contribution in [2.75, 3.05) is 31.1 Å². The van der Waals surface area contributed by atoms with Crippen molar-refractivity contribution in [3.05, 3.63) is 71.3 Å². The first kappa shape index (κ1) is 20.7. The van der Waals surface area contributed by atoms with E-state index in [2.05, 4.69) is 9.97 Å². The fourth-order valence-electron chi connectivity index (χ4n) is 3.35. The van der Waals surface area contributed by atoms with Gasteiger partial charge in [0.15, 0.2) is 0 Å². The number of halogens is 2. The number of sulfonamides is 1. The fraction of sp³-hybridized carbons (Fsp3) is 0.238. The third-order valence-corrected chi connectivity index (χ3v) is 7.28. The van der Waals surface area contributed by atoms with E-state index in [1.807, 2.05) is 42.2 Å². The van der Waals surface area contributed by atoms with Crippen LogP contribution in [0, 0.1) is 12.7 Å². The largest absolute Gasteiger partial charge is 0.354 e. The van der Waals surface area contributed by atoms with Gasteiger partial charge in [-0.3, -0.25) is 0 Å². The Morgan fingerprint density at radius 3 is 2.33 bits per heavy atom. The lowest BCUT2D eigenvalue weighted by Gasteiger charge is -2.34. The van der Waals surface area contributed by atoms with Gasteiger partial charge in [-0.1, -0.05) is 41.4 Å². The van der Waals surface area contributed by atoms with E-state index in [1.54, 1.807) is 0 Å². The van der Waals surface area contributed by atoms with Crippen molar-refractivity contribution in [2.24, 2.45) is 0 Å². The first-order valence-electron chi connectivity index (χ1n) is 9.44. The van der Waals surface area contributed by atoms with Gasteiger partial charge < -0.3 is 4.90 Å². The third-order valence-electron chi connectivity index (χ3n) is 5.09. The lowest BCUT2D eigenvalue weighted by atomic mass is 10.1. The molecular formula is C21H20ClFN4O2S. The second-order valence-electron chi connectivity index (χ2n) is 7.09. The Bertz CT molecular complexity index is 1160. The van der Waals surface area contributed by atoms with Crippen LogP contribution in [0.25, 0.3) is 11.3 Å². The molecule has 4 rings (SSSR count). The minimum atomic E-state index is -3.74. The predicted octanol–water partition coefficient (Wildman–Crippen LogP) is 3.76. The van der Waals surface area contributed by atoms with Gasteiger partial charge >= 0.3 is 0 Å². The van der Waals surface area contributed by atoms with Crippen LogP contribution in [0.5, 0.6) is 0 Å². The molecule has 1 saturated heterocycles. The molecule has 30 heavy (non-hydrogen) atoms. The van der Waals surface area contributed by atoms with Crippen molar-refractivity contribution >= 4 is 27.4 Å². The molecular weight excluding hydrogens is 427 g/mol. The summed E-state index contributed by atoms with van der Waals surface area (Å²) in [5.74, 6) is 0.107. The molecule has 1 aliphatic rings. The Morgan fingerprint density at radius 2 is 1.67 bits per heavy atom. The summed E-state index contributed by atoms with van der Waals surface area (Å²) >= 11 is 5.76. The van der Waals surface area contributed by atoms with Gasteiger partial charge in [-0.05, 0) is 25.1 Å². The summed E-state index contributed by atoms with van der Waals surface area (Å²) in [5, 5.41) is -0.209. The number of aromatic nitrogens is 2. The van der Waals surface area contributed by atoms with Crippen LogP contribution in [-0.2, 0) is 10.0 Å². The average Bonchev–Trinajstić information content (AvgIpc) is 2.76. The van der Waals surface area contributed by atoms with E-state index in [0.717, 1.165) is 29.2 Å². The molecule has 1 aliphatic heterocycles. The third kappa shape index (κ3) is 4.16. The molecule has 2 aromatic carbocycles. The summed E-state index contributed by atoms with van der Waals surface area (Å²) in [7, 11) is -3.74. The van der Waals surface area contributed by atoms with E-state index >= 15 is 0 Å². The summed E-state index contributed by atoms with van der Waals surface area (Å²) in [6.07, 6.45) is 1.52. The average molecular weight is 447 g/mol. The fourth-order valence-corrected chi connectivity index (χ4v) is 5.04.